The summed E-state index contributed by atoms with van der Waals surface area (Å²) >= 11 is 2.71. The summed E-state index contributed by atoms with van der Waals surface area (Å²) in [5, 5.41) is 17.1. The molecule has 1 N–H and O–H groups in total. The van der Waals surface area contributed by atoms with Gasteiger partial charge in [0.2, 0.25) is 11.1 Å². The van der Waals surface area contributed by atoms with Crippen molar-refractivity contribution in [1.29, 1.82) is 0 Å². The van der Waals surface area contributed by atoms with Crippen LogP contribution in [0.4, 0.5) is 5.13 Å². The van der Waals surface area contributed by atoms with Gasteiger partial charge in [-0.05, 0) is 42.3 Å². The van der Waals surface area contributed by atoms with E-state index in [1.165, 1.54) is 44.5 Å². The molecule has 0 fully saturated rings. The Morgan fingerprint density at radius 2 is 2.00 bits per heavy atom. The topological polar surface area (TPSA) is 85.6 Å². The molecule has 25 heavy (non-hydrogen) atoms. The zero-order valence-corrected chi connectivity index (χ0v) is 16.0. The lowest BCUT2D eigenvalue weighted by molar-refractivity contribution is -0.113. The highest BCUT2D eigenvalue weighted by atomic mass is 32.2. The molecule has 2 aromatic heterocycles. The number of thiazole rings is 1. The van der Waals surface area contributed by atoms with E-state index in [9.17, 15) is 4.79 Å². The molecule has 9 heteroatoms. The number of rotatable bonds is 5. The molecule has 0 radical (unpaired) electrons. The molecule has 0 aliphatic rings. The molecule has 0 saturated carbocycles. The number of tetrazole rings is 1. The zero-order valence-electron chi connectivity index (χ0n) is 14.4. The molecule has 3 rings (SSSR count). The predicted octanol–water partition coefficient (Wildman–Crippen LogP) is 2.99. The van der Waals surface area contributed by atoms with Crippen LogP contribution >= 0.6 is 23.1 Å². The molecule has 0 aliphatic carbocycles. The summed E-state index contributed by atoms with van der Waals surface area (Å²) in [6, 6.07) is 4.29. The Kier molecular flexibility index (Phi) is 5.14. The first-order chi connectivity index (χ1) is 11.9. The molecular formula is C16H18N6OS2. The fraction of sp³-hybridized carbons (Fsp3) is 0.312. The van der Waals surface area contributed by atoms with Crippen LogP contribution in [0.2, 0.25) is 0 Å². The number of carbonyl (C=O) groups excluding carboxylic acids is 1. The molecule has 0 bridgehead atoms. The van der Waals surface area contributed by atoms with Gasteiger partial charge in [0.05, 0.1) is 11.4 Å². The fourth-order valence-corrected chi connectivity index (χ4v) is 4.03. The summed E-state index contributed by atoms with van der Waals surface area (Å²) in [5.41, 5.74) is 5.62. The number of amides is 1. The number of thioether (sulfide) groups is 1. The van der Waals surface area contributed by atoms with Crippen LogP contribution < -0.4 is 5.32 Å². The van der Waals surface area contributed by atoms with Crippen LogP contribution in [-0.4, -0.2) is 36.9 Å². The van der Waals surface area contributed by atoms with Gasteiger partial charge >= 0.3 is 0 Å². The Morgan fingerprint density at radius 3 is 2.64 bits per heavy atom. The van der Waals surface area contributed by atoms with E-state index in [4.69, 9.17) is 0 Å². The molecule has 130 valence electrons. The van der Waals surface area contributed by atoms with Gasteiger partial charge in [-0.1, -0.05) is 29.5 Å². The normalized spacial score (nSPS) is 10.9. The van der Waals surface area contributed by atoms with Crippen LogP contribution in [0.1, 0.15) is 16.7 Å². The SMILES string of the molecule is Cc1cc(C)c(-c2csc(NC(=O)CSc3nnnn3C)n2)c(C)c1. The maximum Gasteiger partial charge on any atom is 0.236 e. The smallest absolute Gasteiger partial charge is 0.236 e. The Labute approximate surface area is 153 Å². The average molecular weight is 374 g/mol. The number of aromatic nitrogens is 5. The van der Waals surface area contributed by atoms with Gasteiger partial charge in [-0.25, -0.2) is 9.67 Å². The number of anilines is 1. The highest BCUT2D eigenvalue weighted by Gasteiger charge is 2.13. The van der Waals surface area contributed by atoms with Crippen LogP contribution in [0.3, 0.4) is 0 Å². The van der Waals surface area contributed by atoms with E-state index in [2.05, 4.69) is 58.7 Å². The maximum atomic E-state index is 12.1. The minimum atomic E-state index is -0.133. The third-order valence-electron chi connectivity index (χ3n) is 3.60. The van der Waals surface area contributed by atoms with Gasteiger partial charge in [-0.15, -0.1) is 16.4 Å². The number of benzene rings is 1. The maximum absolute atomic E-state index is 12.1. The van der Waals surface area contributed by atoms with E-state index in [-0.39, 0.29) is 11.7 Å². The van der Waals surface area contributed by atoms with Crippen molar-refractivity contribution in [2.24, 2.45) is 7.05 Å². The first kappa shape index (κ1) is 17.6. The van der Waals surface area contributed by atoms with Gasteiger partial charge < -0.3 is 5.32 Å². The van der Waals surface area contributed by atoms with Crippen molar-refractivity contribution >= 4 is 34.1 Å². The van der Waals surface area contributed by atoms with E-state index in [0.717, 1.165) is 11.3 Å². The van der Waals surface area contributed by atoms with Crippen LogP contribution in [0, 0.1) is 20.8 Å². The Balaban J connectivity index is 1.68. The fourth-order valence-electron chi connectivity index (χ4n) is 2.66. The molecule has 0 atom stereocenters. The van der Waals surface area contributed by atoms with Gasteiger partial charge in [0.1, 0.15) is 0 Å². The molecule has 0 unspecified atom stereocenters. The summed E-state index contributed by atoms with van der Waals surface area (Å²) in [4.78, 5) is 16.7. The number of hydrogen-bond acceptors (Lipinski definition) is 7. The molecule has 7 nitrogen and oxygen atoms in total. The molecule has 0 aliphatic heterocycles. The van der Waals surface area contributed by atoms with Crippen molar-refractivity contribution in [2.45, 2.75) is 25.9 Å². The van der Waals surface area contributed by atoms with Crippen LogP contribution in [-0.2, 0) is 11.8 Å². The second kappa shape index (κ2) is 7.32. The minimum absolute atomic E-state index is 0.133. The van der Waals surface area contributed by atoms with Crippen molar-refractivity contribution in [3.05, 3.63) is 34.2 Å². The van der Waals surface area contributed by atoms with Crippen molar-refractivity contribution in [3.8, 4) is 11.3 Å². The third-order valence-corrected chi connectivity index (χ3v) is 5.37. The van der Waals surface area contributed by atoms with Crippen molar-refractivity contribution in [2.75, 3.05) is 11.1 Å². The van der Waals surface area contributed by atoms with Gasteiger partial charge in [0.15, 0.2) is 5.13 Å². The lowest BCUT2D eigenvalue weighted by Crippen LogP contribution is -2.14. The monoisotopic (exact) mass is 374 g/mol. The molecule has 0 saturated heterocycles. The van der Waals surface area contributed by atoms with E-state index in [0.29, 0.717) is 10.3 Å². The van der Waals surface area contributed by atoms with Gasteiger partial charge in [-0.3, -0.25) is 4.79 Å². The summed E-state index contributed by atoms with van der Waals surface area (Å²) in [6.45, 7) is 6.25. The Morgan fingerprint density at radius 1 is 1.28 bits per heavy atom. The summed E-state index contributed by atoms with van der Waals surface area (Å²) in [6.07, 6.45) is 0. The highest BCUT2D eigenvalue weighted by Crippen LogP contribution is 2.31. The van der Waals surface area contributed by atoms with Crippen LogP contribution in [0.5, 0.6) is 0 Å². The molecule has 3 aromatic rings. The summed E-state index contributed by atoms with van der Waals surface area (Å²) < 4.78 is 1.53. The largest absolute Gasteiger partial charge is 0.301 e. The predicted molar refractivity (Wildman–Crippen MR) is 99.9 cm³/mol. The zero-order chi connectivity index (χ0) is 18.0. The minimum Gasteiger partial charge on any atom is -0.301 e. The summed E-state index contributed by atoms with van der Waals surface area (Å²) in [7, 11) is 1.74. The number of nitrogens with one attached hydrogen (secondary N) is 1. The highest BCUT2D eigenvalue weighted by molar-refractivity contribution is 7.99. The molecule has 0 spiro atoms. The van der Waals surface area contributed by atoms with Gasteiger partial charge in [0, 0.05) is 18.0 Å². The van der Waals surface area contributed by atoms with Gasteiger partial charge in [0.25, 0.3) is 0 Å². The first-order valence-electron chi connectivity index (χ1n) is 7.63. The third kappa shape index (κ3) is 4.05. The van der Waals surface area contributed by atoms with Gasteiger partial charge in [-0.2, -0.15) is 0 Å². The quantitative estimate of drug-likeness (QED) is 0.691. The number of hydrogen-bond donors (Lipinski definition) is 1. The number of carbonyl (C=O) groups is 1. The van der Waals surface area contributed by atoms with E-state index in [1.54, 1.807) is 7.05 Å². The standard InChI is InChI=1S/C16H18N6OS2/c1-9-5-10(2)14(11(3)6-9)12-7-24-15(17-12)18-13(23)8-25-16-19-20-21-22(16)4/h5-7H,8H2,1-4H3,(H,17,18,23). The lowest BCUT2D eigenvalue weighted by Gasteiger charge is -2.08. The van der Waals surface area contributed by atoms with Crippen LogP contribution in [0.15, 0.2) is 22.7 Å². The number of nitrogens with zero attached hydrogens (tertiary/aromatic N) is 5. The number of aryl methyl sites for hydroxylation is 4. The molecule has 1 amide bonds. The second-order valence-corrected chi connectivity index (χ2v) is 7.53. The molecular weight excluding hydrogens is 356 g/mol. The summed E-state index contributed by atoms with van der Waals surface area (Å²) in [5.74, 6) is 0.0948. The Bertz CT molecular complexity index is 894. The first-order valence-corrected chi connectivity index (χ1v) is 9.49. The Hall–Kier alpha value is -2.26. The van der Waals surface area contributed by atoms with E-state index >= 15 is 0 Å². The van der Waals surface area contributed by atoms with Crippen LogP contribution in [0.25, 0.3) is 11.3 Å². The molecule has 2 heterocycles. The van der Waals surface area contributed by atoms with E-state index in [1.807, 2.05) is 5.38 Å². The second-order valence-electron chi connectivity index (χ2n) is 5.73. The van der Waals surface area contributed by atoms with Crippen molar-refractivity contribution in [1.82, 2.24) is 25.2 Å². The van der Waals surface area contributed by atoms with E-state index < -0.39 is 0 Å². The van der Waals surface area contributed by atoms with Crippen molar-refractivity contribution < 1.29 is 4.79 Å². The van der Waals surface area contributed by atoms with Crippen molar-refractivity contribution in [3.63, 3.8) is 0 Å². The molecule has 1 aromatic carbocycles. The average Bonchev–Trinajstić information content (AvgIpc) is 3.13. The lowest BCUT2D eigenvalue weighted by atomic mass is 9.98.